The van der Waals surface area contributed by atoms with Crippen LogP contribution < -0.4 is 21.3 Å². The van der Waals surface area contributed by atoms with Crippen LogP contribution in [0.15, 0.2) is 66.7 Å². The summed E-state index contributed by atoms with van der Waals surface area (Å²) in [7, 11) is 2.10. The molecule has 2 aliphatic rings. The van der Waals surface area contributed by atoms with Gasteiger partial charge in [-0.25, -0.2) is 14.6 Å². The minimum absolute atomic E-state index is 0.0907. The Morgan fingerprint density at radius 2 is 1.45 bits per heavy atom. The van der Waals surface area contributed by atoms with E-state index in [4.69, 9.17) is 9.84 Å². The van der Waals surface area contributed by atoms with Gasteiger partial charge in [0.1, 0.15) is 11.6 Å². The number of carboxylic acids is 1. The molecule has 15 nitrogen and oxygen atoms in total. The van der Waals surface area contributed by atoms with E-state index in [1.807, 2.05) is 43.3 Å². The minimum atomic E-state index is -5.45. The third-order valence-corrected chi connectivity index (χ3v) is 12.2. The van der Waals surface area contributed by atoms with Crippen LogP contribution in [0.5, 0.6) is 0 Å². The summed E-state index contributed by atoms with van der Waals surface area (Å²) in [5.74, 6) is -16.5. The molecular formula is C48H58F4N8O7. The number of carboxylic acid groups (broad SMARTS) is 1. The normalized spacial score (nSPS) is 17.8. The molecule has 4 amide bonds. The summed E-state index contributed by atoms with van der Waals surface area (Å²) < 4.78 is 61.5. The first-order chi connectivity index (χ1) is 31.6. The number of ether oxygens (including phenoxy) is 1. The highest BCUT2D eigenvalue weighted by Crippen LogP contribution is 2.42. The van der Waals surface area contributed by atoms with E-state index in [0.29, 0.717) is 50.3 Å². The molecular weight excluding hydrogens is 877 g/mol. The predicted molar refractivity (Wildman–Crippen MR) is 241 cm³/mol. The molecule has 1 aliphatic carbocycles. The quantitative estimate of drug-likeness (QED) is 0.0617. The number of carbonyl (C=O) groups excluding carboxylic acids is 4. The average Bonchev–Trinajstić information content (AvgIpc) is 3.79. The van der Waals surface area contributed by atoms with E-state index in [9.17, 15) is 41.5 Å². The van der Waals surface area contributed by atoms with Crippen LogP contribution in [0.25, 0.3) is 22.5 Å². The first-order valence-electron chi connectivity index (χ1n) is 22.4. The minimum Gasteiger partial charge on any atom is -0.477 e. The Hall–Kier alpha value is -6.37. The van der Waals surface area contributed by atoms with Crippen molar-refractivity contribution in [3.05, 3.63) is 89.2 Å². The van der Waals surface area contributed by atoms with Gasteiger partial charge < -0.3 is 36.0 Å². The Morgan fingerprint density at radius 1 is 0.836 bits per heavy atom. The lowest BCUT2D eigenvalue weighted by Gasteiger charge is -2.29. The van der Waals surface area contributed by atoms with Gasteiger partial charge in [0.2, 0.25) is 17.6 Å². The number of piperidine rings is 1. The Morgan fingerprint density at radius 3 is 2.06 bits per heavy atom. The van der Waals surface area contributed by atoms with E-state index in [1.54, 1.807) is 31.9 Å². The van der Waals surface area contributed by atoms with Crippen molar-refractivity contribution >= 4 is 35.5 Å². The van der Waals surface area contributed by atoms with Gasteiger partial charge in [-0.3, -0.25) is 19.5 Å². The smallest absolute Gasteiger partial charge is 0.411 e. The number of alkyl halides is 4. The van der Waals surface area contributed by atoms with Crippen molar-refractivity contribution in [2.45, 2.75) is 96.1 Å². The number of aryl methyl sites for hydroxylation is 1. The highest BCUT2D eigenvalue weighted by atomic mass is 19.3. The summed E-state index contributed by atoms with van der Waals surface area (Å²) in [6.07, 6.45) is 4.13. The summed E-state index contributed by atoms with van der Waals surface area (Å²) in [6, 6.07) is 17.6. The molecule has 0 spiro atoms. The molecule has 2 heterocycles. The van der Waals surface area contributed by atoms with Gasteiger partial charge in [-0.15, -0.1) is 0 Å². The molecule has 1 aromatic heterocycles. The number of alkyl carbamates (subject to hydrolysis) is 1. The molecule has 0 unspecified atom stereocenters. The zero-order chi connectivity index (χ0) is 48.7. The number of aliphatic carboxylic acids is 1. The number of anilines is 1. The maximum Gasteiger partial charge on any atom is 0.411 e. The van der Waals surface area contributed by atoms with Crippen LogP contribution in [0.1, 0.15) is 86.6 Å². The van der Waals surface area contributed by atoms with Crippen molar-refractivity contribution < 1.29 is 51.4 Å². The Labute approximate surface area is 386 Å². The molecule has 0 radical (unpaired) electrons. The molecule has 1 atom stereocenters. The summed E-state index contributed by atoms with van der Waals surface area (Å²) in [5, 5.41) is 25.5. The first kappa shape index (κ1) is 50.1. The molecule has 0 bridgehead atoms. The molecule has 4 aromatic rings. The van der Waals surface area contributed by atoms with E-state index >= 15 is 0 Å². The molecule has 1 aliphatic heterocycles. The van der Waals surface area contributed by atoms with Crippen molar-refractivity contribution in [2.75, 3.05) is 38.5 Å². The maximum absolute atomic E-state index is 14.3. The first-order valence-corrected chi connectivity index (χ1v) is 22.4. The van der Waals surface area contributed by atoms with Gasteiger partial charge in [0.15, 0.2) is 5.82 Å². The van der Waals surface area contributed by atoms with E-state index < -0.39 is 53.1 Å². The zero-order valence-electron chi connectivity index (χ0n) is 38.2. The molecule has 1 saturated carbocycles. The van der Waals surface area contributed by atoms with Crippen LogP contribution in [0, 0.1) is 24.7 Å². The number of nitrogens with one attached hydrogen (secondary N) is 5. The molecule has 360 valence electrons. The summed E-state index contributed by atoms with van der Waals surface area (Å²) in [5.41, 5.74) is 3.74. The van der Waals surface area contributed by atoms with Crippen LogP contribution in [-0.2, 0) is 31.5 Å². The van der Waals surface area contributed by atoms with Gasteiger partial charge in [-0.05, 0) is 157 Å². The third kappa shape index (κ3) is 13.0. The van der Waals surface area contributed by atoms with Gasteiger partial charge in [-0.2, -0.15) is 22.7 Å². The molecule has 3 aromatic carbocycles. The van der Waals surface area contributed by atoms with Gasteiger partial charge in [-0.1, -0.05) is 30.3 Å². The van der Waals surface area contributed by atoms with Crippen molar-refractivity contribution in [2.24, 2.45) is 17.8 Å². The maximum atomic E-state index is 14.3. The zero-order valence-corrected chi connectivity index (χ0v) is 38.2. The Bertz CT molecular complexity index is 2390. The number of halogens is 4. The summed E-state index contributed by atoms with van der Waals surface area (Å²) in [6.45, 7) is 10.4. The number of carbonyl (C=O) groups is 5. The summed E-state index contributed by atoms with van der Waals surface area (Å²) in [4.78, 5) is 69.5. The van der Waals surface area contributed by atoms with Crippen LogP contribution in [0.3, 0.4) is 0 Å². The number of aromatic nitrogens is 3. The fourth-order valence-corrected chi connectivity index (χ4v) is 8.21. The highest BCUT2D eigenvalue weighted by Gasteiger charge is 2.65. The number of likely N-dealkylation sites (tertiary alicyclic amines) is 1. The lowest BCUT2D eigenvalue weighted by atomic mass is 9.81. The molecule has 19 heteroatoms. The number of aromatic amines is 1. The lowest BCUT2D eigenvalue weighted by molar-refractivity contribution is -0.231. The number of H-pyrrole nitrogens is 1. The Balaban J connectivity index is 1.12. The van der Waals surface area contributed by atoms with Crippen LogP contribution in [-0.4, -0.2) is 106 Å². The van der Waals surface area contributed by atoms with Crippen molar-refractivity contribution in [1.29, 1.82) is 0 Å². The average molecular weight is 935 g/mol. The van der Waals surface area contributed by atoms with E-state index in [-0.39, 0.29) is 41.3 Å². The molecule has 67 heavy (non-hydrogen) atoms. The predicted octanol–water partition coefficient (Wildman–Crippen LogP) is 7.33. The number of rotatable bonds is 16. The largest absolute Gasteiger partial charge is 0.477 e. The number of nitrogens with zero attached hydrogens (tertiary/aromatic N) is 3. The third-order valence-electron chi connectivity index (χ3n) is 12.2. The standard InChI is InChI=1S/C48H58F4N8O7/c1-28-24-35(40(61)53-26-31-20-22-60(5)23-21-31)16-19-37(28)32-10-6-29(7-11-32)25-38(56-41(62)34-12-8-30(9-13-34)27-54-45(66)67-46(2,3)4)42(63)55-36-17-14-33(15-18-36)39-57-43(59-58-39)47(49,50)48(51,52)44(64)65/h6-7,10-11,14-19,24,30-31,34,38H,8-9,12-13,20-23,25-27H2,1-5H3,(H,53,61)(H,54,66)(H,55,63)(H,56,62)(H,64,65)(H,57,58,59)/t30?,34?,38-/m0/s1. The fourth-order valence-electron chi connectivity index (χ4n) is 8.21. The van der Waals surface area contributed by atoms with Crippen molar-refractivity contribution in [3.8, 4) is 22.5 Å². The highest BCUT2D eigenvalue weighted by molar-refractivity contribution is 5.98. The van der Waals surface area contributed by atoms with Crippen molar-refractivity contribution in [3.63, 3.8) is 0 Å². The topological polar surface area (TPSA) is 208 Å². The fraction of sp³-hybridized carbons (Fsp3) is 0.479. The Kier molecular flexibility index (Phi) is 15.7. The van der Waals surface area contributed by atoms with Gasteiger partial charge in [0, 0.05) is 42.2 Å². The molecule has 6 rings (SSSR count). The van der Waals surface area contributed by atoms with Crippen LogP contribution in [0.2, 0.25) is 0 Å². The van der Waals surface area contributed by atoms with E-state index in [2.05, 4.69) is 43.3 Å². The number of hydrogen-bond acceptors (Lipinski definition) is 9. The lowest BCUT2D eigenvalue weighted by Crippen LogP contribution is -2.48. The molecule has 1 saturated heterocycles. The second-order valence-electron chi connectivity index (χ2n) is 18.6. The second kappa shape index (κ2) is 21.1. The van der Waals surface area contributed by atoms with Gasteiger partial charge in [0.05, 0.1) is 0 Å². The van der Waals surface area contributed by atoms with E-state index in [0.717, 1.165) is 48.2 Å². The SMILES string of the molecule is Cc1cc(C(=O)NCC2CCN(C)CC2)ccc1-c1ccc(C[C@H](NC(=O)C2CCC(CNC(=O)OC(C)(C)C)CC2)C(=O)Nc2ccc(-c3n[nH]c(C(F)(F)C(F)(F)C(=O)O)n3)cc2)cc1. The van der Waals surface area contributed by atoms with Gasteiger partial charge >= 0.3 is 23.9 Å². The monoisotopic (exact) mass is 934 g/mol. The van der Waals surface area contributed by atoms with Gasteiger partial charge in [0.25, 0.3) is 5.91 Å². The van der Waals surface area contributed by atoms with E-state index in [1.165, 1.54) is 24.3 Å². The number of hydrogen-bond donors (Lipinski definition) is 6. The number of benzene rings is 3. The summed E-state index contributed by atoms with van der Waals surface area (Å²) >= 11 is 0. The van der Waals surface area contributed by atoms with Crippen LogP contribution in [0.4, 0.5) is 28.0 Å². The van der Waals surface area contributed by atoms with Crippen molar-refractivity contribution in [1.82, 2.24) is 36.0 Å². The molecule has 6 N–H and O–H groups in total. The second-order valence-corrected chi connectivity index (χ2v) is 18.6. The molecule has 2 fully saturated rings. The number of amides is 4. The van der Waals surface area contributed by atoms with Crippen LogP contribution >= 0.6 is 0 Å².